The minimum absolute atomic E-state index is 0. The Bertz CT molecular complexity index is 865. The van der Waals surface area contributed by atoms with Crippen molar-refractivity contribution in [2.45, 2.75) is 25.0 Å². The highest BCUT2D eigenvalue weighted by Gasteiger charge is 2.57. The lowest BCUT2D eigenvalue weighted by molar-refractivity contribution is -0.365. The maximum atomic E-state index is 11.8. The van der Waals surface area contributed by atoms with Crippen molar-refractivity contribution in [2.24, 2.45) is 5.92 Å². The smallest absolute Gasteiger partial charge is 0.184 e. The molecule has 2 atom stereocenters. The molecule has 2 aromatic heterocycles. The zero-order chi connectivity index (χ0) is 20.4. The molecule has 0 saturated heterocycles. The van der Waals surface area contributed by atoms with E-state index in [-0.39, 0.29) is 29.6 Å². The van der Waals surface area contributed by atoms with Crippen molar-refractivity contribution in [1.82, 2.24) is 27.3 Å². The molecule has 2 unspecified atom stereocenters. The number of carbonyl (C=O) groups is 2. The van der Waals surface area contributed by atoms with Gasteiger partial charge >= 0.3 is 0 Å². The first-order valence-corrected chi connectivity index (χ1v) is 7.81. The quantitative estimate of drug-likeness (QED) is 0.405. The molecule has 0 aliphatic carbocycles. The number of hydrogen-bond donors (Lipinski definition) is 4. The van der Waals surface area contributed by atoms with Gasteiger partial charge in [0.2, 0.25) is 0 Å². The van der Waals surface area contributed by atoms with Gasteiger partial charge in [-0.15, -0.1) is 0 Å². The molecule has 0 radical (unpaired) electrons. The van der Waals surface area contributed by atoms with Crippen LogP contribution in [0.5, 0.6) is 5.75 Å². The van der Waals surface area contributed by atoms with Crippen molar-refractivity contribution in [3.8, 4) is 17.3 Å². The summed E-state index contributed by atoms with van der Waals surface area (Å²) in [6, 6.07) is 4.75. The van der Waals surface area contributed by atoms with E-state index >= 15 is 0 Å². The number of hydrogen-bond acceptors (Lipinski definition) is 10. The van der Waals surface area contributed by atoms with Crippen LogP contribution in [-0.4, -0.2) is 49.8 Å². The second-order valence-electron chi connectivity index (χ2n) is 6.03. The molecule has 0 spiro atoms. The van der Waals surface area contributed by atoms with Gasteiger partial charge in [0, 0.05) is 6.20 Å². The lowest BCUT2D eigenvalue weighted by atomic mass is 9.72. The summed E-state index contributed by atoms with van der Waals surface area (Å²) < 4.78 is 4.97. The highest BCUT2D eigenvalue weighted by Crippen LogP contribution is 2.41. The third-order valence-electron chi connectivity index (χ3n) is 4.21. The molecular formula is C17H25N5O7. The maximum Gasteiger partial charge on any atom is 0.184 e. The predicted octanol–water partition coefficient (Wildman–Crippen LogP) is -1.63. The van der Waals surface area contributed by atoms with Crippen LogP contribution in [0.25, 0.3) is 11.5 Å². The van der Waals surface area contributed by atoms with Crippen LogP contribution < -0.4 is 27.3 Å². The number of carbonyl (C=O) groups excluding carboxylic acids is 2. The topological polar surface area (TPSA) is 242 Å². The highest BCUT2D eigenvalue weighted by molar-refractivity contribution is 5.90. The summed E-state index contributed by atoms with van der Waals surface area (Å²) in [4.78, 5) is 35.4. The van der Waals surface area contributed by atoms with E-state index in [1.165, 1.54) is 26.1 Å². The van der Waals surface area contributed by atoms with Crippen molar-refractivity contribution in [1.29, 1.82) is 0 Å². The molecule has 0 amide bonds. The van der Waals surface area contributed by atoms with E-state index < -0.39 is 34.8 Å². The Kier molecular flexibility index (Phi) is 8.31. The summed E-state index contributed by atoms with van der Waals surface area (Å²) in [7, 11) is 1.13. The Morgan fingerprint density at radius 3 is 2.14 bits per heavy atom. The second kappa shape index (κ2) is 9.34. The highest BCUT2D eigenvalue weighted by atomic mass is 16.5. The molecule has 0 bridgehead atoms. The van der Waals surface area contributed by atoms with E-state index in [1.807, 2.05) is 0 Å². The van der Waals surface area contributed by atoms with E-state index in [0.29, 0.717) is 0 Å². The molecule has 12 nitrogen and oxygen atoms in total. The molecule has 0 aliphatic rings. The Hall–Kier alpha value is -3.19. The van der Waals surface area contributed by atoms with Gasteiger partial charge in [0.25, 0.3) is 0 Å². The first-order chi connectivity index (χ1) is 12.6. The van der Waals surface area contributed by atoms with Crippen LogP contribution in [0, 0.1) is 5.92 Å². The first kappa shape index (κ1) is 25.8. The molecule has 0 aromatic carbocycles. The summed E-state index contributed by atoms with van der Waals surface area (Å²) in [6.45, 7) is 2.38. The SMILES string of the molecule is COc1cnc(-c2ccccn2)nc1C(O)(C(=O)[O-])C(O)(C(=O)[O-])C(C)C.[NH4+].[NH4+]. The average Bonchev–Trinajstić information content (AvgIpc) is 2.66. The molecule has 160 valence electrons. The first-order valence-electron chi connectivity index (χ1n) is 7.81. The van der Waals surface area contributed by atoms with E-state index in [9.17, 15) is 30.0 Å². The third kappa shape index (κ3) is 4.00. The van der Waals surface area contributed by atoms with Crippen LogP contribution in [0.15, 0.2) is 30.6 Å². The molecule has 2 rings (SSSR count). The van der Waals surface area contributed by atoms with Gasteiger partial charge in [-0.25, -0.2) is 9.97 Å². The van der Waals surface area contributed by atoms with Gasteiger partial charge in [-0.1, -0.05) is 19.9 Å². The largest absolute Gasteiger partial charge is 0.547 e. The fourth-order valence-corrected chi connectivity index (χ4v) is 2.63. The van der Waals surface area contributed by atoms with E-state index in [1.54, 1.807) is 12.1 Å². The van der Waals surface area contributed by atoms with Crippen molar-refractivity contribution in [2.75, 3.05) is 7.11 Å². The van der Waals surface area contributed by atoms with Crippen LogP contribution in [0.2, 0.25) is 0 Å². The number of aromatic nitrogens is 3. The predicted molar refractivity (Wildman–Crippen MR) is 97.5 cm³/mol. The minimum Gasteiger partial charge on any atom is -0.547 e. The molecule has 0 aliphatic heterocycles. The fourth-order valence-electron chi connectivity index (χ4n) is 2.63. The Balaban J connectivity index is 0.00000392. The number of methoxy groups -OCH3 is 1. The number of nitrogens with zero attached hydrogens (tertiary/aromatic N) is 3. The number of aliphatic carboxylic acids is 2. The van der Waals surface area contributed by atoms with Crippen molar-refractivity contribution >= 4 is 11.9 Å². The lowest BCUT2D eigenvalue weighted by Gasteiger charge is -2.46. The number of carboxylic acid groups (broad SMARTS) is 2. The standard InChI is InChI=1S/C17H19N3O7.2H3N/c1-9(2)16(25,14(21)22)17(26,15(23)24)12-11(27-3)8-19-13(20-12)10-6-4-5-7-18-10;;/h4-9,25-26H,1-3H3,(H,21,22)(H,23,24);2*1H3. The summed E-state index contributed by atoms with van der Waals surface area (Å²) >= 11 is 0. The number of quaternary nitrogens is 2. The summed E-state index contributed by atoms with van der Waals surface area (Å²) in [6.07, 6.45) is 2.45. The monoisotopic (exact) mass is 411 g/mol. The van der Waals surface area contributed by atoms with Crippen LogP contribution >= 0.6 is 0 Å². The number of ether oxygens (including phenoxy) is 1. The number of rotatable bonds is 7. The summed E-state index contributed by atoms with van der Waals surface area (Å²) in [5, 5.41) is 45.0. The van der Waals surface area contributed by atoms with Gasteiger partial charge in [0.05, 0.1) is 25.2 Å². The number of carboxylic acids is 2. The normalized spacial score (nSPS) is 14.6. The molecule has 12 heteroatoms. The number of pyridine rings is 1. The molecule has 0 fully saturated rings. The lowest BCUT2D eigenvalue weighted by Crippen LogP contribution is -2.70. The Morgan fingerprint density at radius 1 is 1.10 bits per heavy atom. The van der Waals surface area contributed by atoms with Gasteiger partial charge in [-0.2, -0.15) is 0 Å². The minimum atomic E-state index is -3.50. The van der Waals surface area contributed by atoms with Gasteiger partial charge in [-0.05, 0) is 18.1 Å². The van der Waals surface area contributed by atoms with E-state index in [4.69, 9.17) is 4.74 Å². The zero-order valence-electron chi connectivity index (χ0n) is 16.7. The van der Waals surface area contributed by atoms with Gasteiger partial charge in [0.15, 0.2) is 17.2 Å². The third-order valence-corrected chi connectivity index (χ3v) is 4.21. The van der Waals surface area contributed by atoms with Gasteiger partial charge in [0.1, 0.15) is 17.0 Å². The molecular weight excluding hydrogens is 386 g/mol. The molecule has 10 N–H and O–H groups in total. The maximum absolute atomic E-state index is 11.8. The summed E-state index contributed by atoms with van der Waals surface area (Å²) in [5.74, 6) is -6.32. The molecule has 2 heterocycles. The Morgan fingerprint density at radius 2 is 1.72 bits per heavy atom. The van der Waals surface area contributed by atoms with Crippen molar-refractivity contribution in [3.05, 3.63) is 36.3 Å². The zero-order valence-corrected chi connectivity index (χ0v) is 16.7. The molecule has 2 aromatic rings. The van der Waals surface area contributed by atoms with E-state index in [0.717, 1.165) is 13.3 Å². The molecule has 29 heavy (non-hydrogen) atoms. The summed E-state index contributed by atoms with van der Waals surface area (Å²) in [5.41, 5.74) is -7.38. The van der Waals surface area contributed by atoms with Crippen LogP contribution in [0.1, 0.15) is 19.5 Å². The average molecular weight is 411 g/mol. The molecule has 0 saturated carbocycles. The fraction of sp³-hybridized carbons (Fsp3) is 0.353. The van der Waals surface area contributed by atoms with Gasteiger partial charge in [-0.3, -0.25) is 4.98 Å². The van der Waals surface area contributed by atoms with Crippen LogP contribution in [0.3, 0.4) is 0 Å². The van der Waals surface area contributed by atoms with Crippen LogP contribution in [-0.2, 0) is 15.2 Å². The van der Waals surface area contributed by atoms with Crippen molar-refractivity contribution < 1.29 is 34.8 Å². The second-order valence-corrected chi connectivity index (χ2v) is 6.03. The van der Waals surface area contributed by atoms with Crippen molar-refractivity contribution in [3.63, 3.8) is 0 Å². The van der Waals surface area contributed by atoms with Gasteiger partial charge < -0.3 is 47.1 Å². The Labute approximate surface area is 166 Å². The van der Waals surface area contributed by atoms with E-state index in [2.05, 4.69) is 15.0 Å². The van der Waals surface area contributed by atoms with Crippen LogP contribution in [0.4, 0.5) is 0 Å². The number of aliphatic hydroxyl groups is 2.